The van der Waals surface area contributed by atoms with Gasteiger partial charge in [0.2, 0.25) is 5.88 Å². The molecule has 1 atom stereocenters. The summed E-state index contributed by atoms with van der Waals surface area (Å²) in [6.07, 6.45) is -0.254. The summed E-state index contributed by atoms with van der Waals surface area (Å²) in [5, 5.41) is 10.6. The third-order valence-electron chi connectivity index (χ3n) is 1.69. The molecule has 0 aromatic carbocycles. The van der Waals surface area contributed by atoms with E-state index in [-0.39, 0.29) is 22.8 Å². The van der Waals surface area contributed by atoms with Crippen LogP contribution >= 0.6 is 11.6 Å². The average Bonchev–Trinajstić information content (AvgIpc) is 2.16. The first kappa shape index (κ1) is 12.7. The van der Waals surface area contributed by atoms with E-state index in [0.717, 1.165) is 6.07 Å². The summed E-state index contributed by atoms with van der Waals surface area (Å²) in [4.78, 5) is 13.8. The summed E-state index contributed by atoms with van der Waals surface area (Å²) in [7, 11) is 1.54. The third-order valence-corrected chi connectivity index (χ3v) is 1.88. The van der Waals surface area contributed by atoms with E-state index in [2.05, 4.69) is 4.98 Å². The van der Waals surface area contributed by atoms with E-state index in [0.29, 0.717) is 6.61 Å². The molecule has 1 aromatic rings. The Morgan fingerprint density at radius 1 is 1.62 bits per heavy atom. The van der Waals surface area contributed by atoms with Crippen molar-refractivity contribution in [1.82, 2.24) is 4.98 Å². The molecule has 0 N–H and O–H groups in total. The van der Waals surface area contributed by atoms with Gasteiger partial charge in [-0.3, -0.25) is 10.1 Å². The molecular formula is C9H11ClN2O4. The number of pyridine rings is 1. The van der Waals surface area contributed by atoms with Crippen LogP contribution in [0.2, 0.25) is 5.15 Å². The summed E-state index contributed by atoms with van der Waals surface area (Å²) >= 11 is 5.63. The quantitative estimate of drug-likeness (QED) is 0.452. The Morgan fingerprint density at radius 2 is 2.31 bits per heavy atom. The first-order valence-corrected chi connectivity index (χ1v) is 4.88. The second-order valence-corrected chi connectivity index (χ2v) is 3.51. The summed E-state index contributed by atoms with van der Waals surface area (Å²) in [5.41, 5.74) is -0.153. The molecule has 16 heavy (non-hydrogen) atoms. The Labute approximate surface area is 97.3 Å². The van der Waals surface area contributed by atoms with Crippen molar-refractivity contribution < 1.29 is 14.4 Å². The summed E-state index contributed by atoms with van der Waals surface area (Å²) in [5.74, 6) is 0.115. The van der Waals surface area contributed by atoms with Gasteiger partial charge >= 0.3 is 0 Å². The number of nitro groups is 1. The van der Waals surface area contributed by atoms with Crippen LogP contribution in [0.15, 0.2) is 12.1 Å². The van der Waals surface area contributed by atoms with E-state index in [9.17, 15) is 10.1 Å². The maximum atomic E-state index is 10.6. The van der Waals surface area contributed by atoms with Gasteiger partial charge in [0.15, 0.2) is 0 Å². The summed E-state index contributed by atoms with van der Waals surface area (Å²) < 4.78 is 10.2. The van der Waals surface area contributed by atoms with Crippen molar-refractivity contribution >= 4 is 17.3 Å². The van der Waals surface area contributed by atoms with Crippen LogP contribution in [-0.2, 0) is 4.74 Å². The Balaban J connectivity index is 2.84. The van der Waals surface area contributed by atoms with Gasteiger partial charge in [-0.15, -0.1) is 0 Å². The van der Waals surface area contributed by atoms with E-state index in [1.165, 1.54) is 13.2 Å². The van der Waals surface area contributed by atoms with Crippen LogP contribution in [-0.4, -0.2) is 29.7 Å². The van der Waals surface area contributed by atoms with Gasteiger partial charge in [-0.25, -0.2) is 4.98 Å². The normalized spacial score (nSPS) is 12.2. The lowest BCUT2D eigenvalue weighted by Crippen LogP contribution is -2.18. The molecule has 88 valence electrons. The molecule has 0 aliphatic heterocycles. The zero-order chi connectivity index (χ0) is 12.1. The first-order valence-electron chi connectivity index (χ1n) is 4.50. The van der Waals surface area contributed by atoms with Crippen LogP contribution in [0.5, 0.6) is 5.88 Å². The summed E-state index contributed by atoms with van der Waals surface area (Å²) in [6, 6.07) is 2.38. The first-order chi connectivity index (χ1) is 7.52. The minimum absolute atomic E-state index is 0.0221. The fourth-order valence-electron chi connectivity index (χ4n) is 1.10. The Bertz CT molecular complexity index is 386. The lowest BCUT2D eigenvalue weighted by atomic mass is 10.4. The highest BCUT2D eigenvalue weighted by atomic mass is 35.5. The van der Waals surface area contributed by atoms with Crippen LogP contribution in [0, 0.1) is 10.1 Å². The van der Waals surface area contributed by atoms with Crippen molar-refractivity contribution in [1.29, 1.82) is 0 Å². The van der Waals surface area contributed by atoms with E-state index >= 15 is 0 Å². The molecule has 1 heterocycles. The van der Waals surface area contributed by atoms with Crippen molar-refractivity contribution in [2.75, 3.05) is 13.7 Å². The predicted molar refractivity (Wildman–Crippen MR) is 57.9 cm³/mol. The monoisotopic (exact) mass is 246 g/mol. The van der Waals surface area contributed by atoms with Gasteiger partial charge in [-0.2, -0.15) is 0 Å². The van der Waals surface area contributed by atoms with Gasteiger partial charge in [-0.1, -0.05) is 11.6 Å². The van der Waals surface area contributed by atoms with E-state index in [4.69, 9.17) is 21.1 Å². The molecule has 1 aromatic heterocycles. The van der Waals surface area contributed by atoms with Crippen molar-refractivity contribution in [3.05, 3.63) is 27.4 Å². The second-order valence-electron chi connectivity index (χ2n) is 3.13. The molecule has 0 saturated heterocycles. The molecule has 0 fully saturated rings. The van der Waals surface area contributed by atoms with Crippen LogP contribution < -0.4 is 4.74 Å². The largest absolute Gasteiger partial charge is 0.472 e. The lowest BCUT2D eigenvalue weighted by Gasteiger charge is -2.12. The molecule has 7 heteroatoms. The Morgan fingerprint density at radius 3 is 2.88 bits per heavy atom. The van der Waals surface area contributed by atoms with Crippen LogP contribution in [0.25, 0.3) is 0 Å². The van der Waals surface area contributed by atoms with Gasteiger partial charge in [0.1, 0.15) is 11.3 Å². The zero-order valence-electron chi connectivity index (χ0n) is 8.84. The fraction of sp³-hybridized carbons (Fsp3) is 0.444. The number of aromatic nitrogens is 1. The molecule has 0 radical (unpaired) electrons. The maximum Gasteiger partial charge on any atom is 0.277 e. The maximum absolute atomic E-state index is 10.6. The number of ether oxygens (including phenoxy) is 2. The van der Waals surface area contributed by atoms with Crippen LogP contribution in [0.1, 0.15) is 6.92 Å². The third kappa shape index (κ3) is 3.63. The van der Waals surface area contributed by atoms with Gasteiger partial charge in [-0.05, 0) is 6.92 Å². The van der Waals surface area contributed by atoms with Gasteiger partial charge < -0.3 is 9.47 Å². The van der Waals surface area contributed by atoms with E-state index < -0.39 is 4.92 Å². The highest BCUT2D eigenvalue weighted by Crippen LogP contribution is 2.22. The topological polar surface area (TPSA) is 74.5 Å². The van der Waals surface area contributed by atoms with Gasteiger partial charge in [0.25, 0.3) is 5.69 Å². The molecule has 0 saturated carbocycles. The number of methoxy groups -OCH3 is 1. The van der Waals surface area contributed by atoms with Crippen molar-refractivity contribution in [3.63, 3.8) is 0 Å². The van der Waals surface area contributed by atoms with Crippen LogP contribution in [0.4, 0.5) is 5.69 Å². The molecule has 0 aliphatic carbocycles. The Kier molecular flexibility index (Phi) is 4.45. The standard InChI is InChI=1S/C9H11ClN2O4/c1-6(5-15-2)16-9-4-7(12(13)14)3-8(10)11-9/h3-4,6H,5H2,1-2H3. The minimum atomic E-state index is -0.554. The van der Waals surface area contributed by atoms with Gasteiger partial charge in [0.05, 0.1) is 23.7 Å². The van der Waals surface area contributed by atoms with Crippen molar-refractivity contribution in [3.8, 4) is 5.88 Å². The fourth-order valence-corrected chi connectivity index (χ4v) is 1.30. The SMILES string of the molecule is COCC(C)Oc1cc([N+](=O)[O-])cc(Cl)n1. The molecule has 1 unspecified atom stereocenters. The molecular weight excluding hydrogens is 236 g/mol. The van der Waals surface area contributed by atoms with Crippen molar-refractivity contribution in [2.24, 2.45) is 0 Å². The predicted octanol–water partition coefficient (Wildman–Crippen LogP) is 2.06. The minimum Gasteiger partial charge on any atom is -0.472 e. The summed E-state index contributed by atoms with van der Waals surface area (Å²) in [6.45, 7) is 2.12. The highest BCUT2D eigenvalue weighted by molar-refractivity contribution is 6.29. The number of nitrogens with zero attached hydrogens (tertiary/aromatic N) is 2. The number of hydrogen-bond donors (Lipinski definition) is 0. The molecule has 0 amide bonds. The Hall–Kier alpha value is -1.40. The molecule has 6 nitrogen and oxygen atoms in total. The number of hydrogen-bond acceptors (Lipinski definition) is 5. The highest BCUT2D eigenvalue weighted by Gasteiger charge is 2.13. The van der Waals surface area contributed by atoms with Crippen molar-refractivity contribution in [2.45, 2.75) is 13.0 Å². The zero-order valence-corrected chi connectivity index (χ0v) is 9.60. The molecule has 1 rings (SSSR count). The van der Waals surface area contributed by atoms with E-state index in [1.807, 2.05) is 0 Å². The molecule has 0 spiro atoms. The van der Waals surface area contributed by atoms with Gasteiger partial charge in [0, 0.05) is 7.11 Å². The average molecular weight is 247 g/mol. The molecule has 0 bridgehead atoms. The number of rotatable bonds is 5. The van der Waals surface area contributed by atoms with E-state index in [1.54, 1.807) is 6.92 Å². The second kappa shape index (κ2) is 5.62. The van der Waals surface area contributed by atoms with Crippen LogP contribution in [0.3, 0.4) is 0 Å². The lowest BCUT2D eigenvalue weighted by molar-refractivity contribution is -0.385. The molecule has 0 aliphatic rings. The smallest absolute Gasteiger partial charge is 0.277 e. The number of halogens is 1.